The Morgan fingerprint density at radius 2 is 1.45 bits per heavy atom. The summed E-state index contributed by atoms with van der Waals surface area (Å²) >= 11 is 0. The predicted molar refractivity (Wildman–Crippen MR) is 168 cm³/mol. The van der Waals surface area contributed by atoms with Crippen LogP contribution in [0.15, 0.2) is 11.6 Å². The number of allylic oxidation sites excluding steroid dienone is 1. The highest BCUT2D eigenvalue weighted by molar-refractivity contribution is 5.79. The van der Waals surface area contributed by atoms with Gasteiger partial charge in [0.25, 0.3) is 0 Å². The molecule has 7 N–H and O–H groups in total. The number of carboxylic acids is 1. The van der Waals surface area contributed by atoms with Crippen LogP contribution in [0.2, 0.25) is 0 Å². The van der Waals surface area contributed by atoms with Gasteiger partial charge in [0, 0.05) is 5.92 Å². The number of ether oxygens (including phenoxy) is 2. The first-order valence-electron chi connectivity index (χ1n) is 17.5. The third-order valence-electron chi connectivity index (χ3n) is 15.2. The van der Waals surface area contributed by atoms with E-state index >= 15 is 0 Å². The van der Waals surface area contributed by atoms with Gasteiger partial charge in [-0.3, -0.25) is 4.79 Å². The first-order chi connectivity index (χ1) is 21.6. The first kappa shape index (κ1) is 35.2. The van der Waals surface area contributed by atoms with Crippen molar-refractivity contribution in [3.05, 3.63) is 11.6 Å². The summed E-state index contributed by atoms with van der Waals surface area (Å²) in [6, 6.07) is 0. The highest BCUT2D eigenvalue weighted by Gasteiger charge is 2.71. The molecule has 11 nitrogen and oxygen atoms in total. The van der Waals surface area contributed by atoms with Crippen molar-refractivity contribution < 1.29 is 54.8 Å². The smallest absolute Gasteiger partial charge is 0.335 e. The maximum absolute atomic E-state index is 14.4. The fraction of sp³-hybridized carbons (Fsp3) is 0.889. The Balaban J connectivity index is 1.39. The molecular weight excluding hydrogens is 608 g/mol. The van der Waals surface area contributed by atoms with Gasteiger partial charge in [0.05, 0.1) is 23.7 Å². The summed E-state index contributed by atoms with van der Waals surface area (Å²) < 4.78 is 11.1. The van der Waals surface area contributed by atoms with E-state index in [9.17, 15) is 45.3 Å². The van der Waals surface area contributed by atoms with E-state index in [0.717, 1.165) is 18.4 Å². The Hall–Kier alpha value is -1.60. The third kappa shape index (κ3) is 4.62. The minimum Gasteiger partial charge on any atom is -0.479 e. The molecule has 47 heavy (non-hydrogen) atoms. The summed E-state index contributed by atoms with van der Waals surface area (Å²) in [4.78, 5) is 26.1. The lowest BCUT2D eigenvalue weighted by Gasteiger charge is -2.71. The van der Waals surface area contributed by atoms with Gasteiger partial charge in [0.2, 0.25) is 6.29 Å². The fourth-order valence-electron chi connectivity index (χ4n) is 12.1. The molecule has 11 heteroatoms. The number of carbonyl (C=O) groups is 2. The summed E-state index contributed by atoms with van der Waals surface area (Å²) in [5, 5.41) is 75.0. The number of fused-ring (bicyclic) bond motifs is 7. The Morgan fingerprint density at radius 3 is 2.09 bits per heavy atom. The number of hydrogen-bond donors (Lipinski definition) is 7. The minimum atomic E-state index is -1.91. The van der Waals surface area contributed by atoms with Gasteiger partial charge in [-0.15, -0.1) is 0 Å². The molecule has 6 aliphatic rings. The summed E-state index contributed by atoms with van der Waals surface area (Å²) in [5.74, 6) is -2.48. The van der Waals surface area contributed by atoms with Gasteiger partial charge < -0.3 is 45.2 Å². The SMILES string of the molecule is CC1(C)CC[C@]2(C(=O)O[C@H]3O[C@@H](C(=O)O)[C@H](O)[C@@H](O)[C@@H]3O)CC[C@]3(C)C(=CC[C@@H]4[C@]5(C)C[C@@H](O)[C@H](O)C(C)(C)[C@@H]5CC[C@@]43C)[C@@H]2[C@@H]1O. The topological polar surface area (TPSA) is 194 Å². The molecule has 0 spiro atoms. The van der Waals surface area contributed by atoms with Gasteiger partial charge in [0.1, 0.15) is 18.3 Å². The van der Waals surface area contributed by atoms with Crippen molar-refractivity contribution in [1.29, 1.82) is 0 Å². The molecule has 6 rings (SSSR count). The number of esters is 1. The molecular formula is C36H56O11. The molecule has 5 fully saturated rings. The molecule has 15 atom stereocenters. The van der Waals surface area contributed by atoms with E-state index in [1.807, 2.05) is 13.8 Å². The largest absolute Gasteiger partial charge is 0.479 e. The van der Waals surface area contributed by atoms with Crippen LogP contribution in [0.4, 0.5) is 0 Å². The molecule has 0 radical (unpaired) electrons. The molecule has 1 heterocycles. The highest BCUT2D eigenvalue weighted by atomic mass is 16.7. The Labute approximate surface area is 277 Å². The number of aliphatic hydroxyl groups excluding tert-OH is 6. The van der Waals surface area contributed by atoms with Crippen molar-refractivity contribution in [2.24, 2.45) is 50.2 Å². The minimum absolute atomic E-state index is 0.198. The molecule has 1 saturated heterocycles. The number of hydrogen-bond acceptors (Lipinski definition) is 10. The van der Waals surface area contributed by atoms with Crippen LogP contribution >= 0.6 is 0 Å². The number of rotatable bonds is 3. The van der Waals surface area contributed by atoms with Crippen LogP contribution in [0.1, 0.15) is 99.8 Å². The van der Waals surface area contributed by atoms with Crippen LogP contribution in [0.25, 0.3) is 0 Å². The molecule has 0 unspecified atom stereocenters. The first-order valence-corrected chi connectivity index (χ1v) is 17.5. The van der Waals surface area contributed by atoms with Crippen molar-refractivity contribution in [3.8, 4) is 0 Å². The number of aliphatic hydroxyl groups is 6. The summed E-state index contributed by atoms with van der Waals surface area (Å²) in [6.45, 7) is 15.0. The highest BCUT2D eigenvalue weighted by Crippen LogP contribution is 2.75. The Kier molecular flexibility index (Phi) is 8.21. The zero-order valence-corrected chi connectivity index (χ0v) is 28.8. The molecule has 0 amide bonds. The predicted octanol–water partition coefficient (Wildman–Crippen LogP) is 2.53. The van der Waals surface area contributed by atoms with Crippen molar-refractivity contribution >= 4 is 11.9 Å². The molecule has 0 aromatic carbocycles. The monoisotopic (exact) mass is 664 g/mol. The third-order valence-corrected chi connectivity index (χ3v) is 15.2. The van der Waals surface area contributed by atoms with Crippen LogP contribution in [0, 0.1) is 50.2 Å². The average molecular weight is 665 g/mol. The summed E-state index contributed by atoms with van der Waals surface area (Å²) in [6.07, 6.45) is -4.69. The van der Waals surface area contributed by atoms with Gasteiger partial charge >= 0.3 is 11.9 Å². The van der Waals surface area contributed by atoms with E-state index < -0.39 is 88.5 Å². The van der Waals surface area contributed by atoms with Gasteiger partial charge in [-0.05, 0) is 90.3 Å². The second-order valence-corrected chi connectivity index (χ2v) is 18.0. The Bertz CT molecular complexity index is 1330. The van der Waals surface area contributed by atoms with Crippen molar-refractivity contribution in [1.82, 2.24) is 0 Å². The molecule has 4 saturated carbocycles. The van der Waals surface area contributed by atoms with E-state index in [4.69, 9.17) is 9.47 Å². The van der Waals surface area contributed by atoms with E-state index in [1.165, 1.54) is 0 Å². The average Bonchev–Trinajstić information content (AvgIpc) is 2.98. The van der Waals surface area contributed by atoms with E-state index in [0.29, 0.717) is 38.5 Å². The van der Waals surface area contributed by atoms with Crippen molar-refractivity contribution in [2.75, 3.05) is 0 Å². The normalized spacial score (nSPS) is 53.3. The maximum Gasteiger partial charge on any atom is 0.335 e. The quantitative estimate of drug-likeness (QED) is 0.173. The fourth-order valence-corrected chi connectivity index (χ4v) is 12.1. The van der Waals surface area contributed by atoms with Gasteiger partial charge in [-0.1, -0.05) is 60.1 Å². The van der Waals surface area contributed by atoms with Crippen LogP contribution in [0.5, 0.6) is 0 Å². The molecule has 0 bridgehead atoms. The number of aliphatic carboxylic acids is 1. The number of carbonyl (C=O) groups excluding carboxylic acids is 1. The Morgan fingerprint density at radius 1 is 0.809 bits per heavy atom. The van der Waals surface area contributed by atoms with E-state index in [2.05, 4.69) is 40.7 Å². The van der Waals surface area contributed by atoms with Gasteiger partial charge in [-0.2, -0.15) is 0 Å². The van der Waals surface area contributed by atoms with E-state index in [-0.39, 0.29) is 22.7 Å². The maximum atomic E-state index is 14.4. The lowest BCUT2D eigenvalue weighted by Crippen LogP contribution is -2.68. The van der Waals surface area contributed by atoms with Gasteiger partial charge in [0.15, 0.2) is 6.10 Å². The molecule has 5 aliphatic carbocycles. The molecule has 0 aromatic heterocycles. The standard InChI is InChI=1S/C36H56O11/c1-31(2)12-14-36(30(45)47-29-24(40)22(38)23(39)25(46-29)28(43)44)15-13-34(6)17(21(36)27(31)42)8-9-20-33(5)16-18(37)26(41)32(3,4)19(33)10-11-35(20,34)7/h8,18-27,29,37-42H,9-16H2,1-7H3,(H,43,44)/t18-,19+,20-,21-,22-,23-,24+,25-,26+,27+,29-,33-,34-,35+,36+/m1/s1. The van der Waals surface area contributed by atoms with E-state index in [1.54, 1.807) is 0 Å². The van der Waals surface area contributed by atoms with Crippen LogP contribution < -0.4 is 0 Å². The van der Waals surface area contributed by atoms with Crippen LogP contribution in [0.3, 0.4) is 0 Å². The van der Waals surface area contributed by atoms with Crippen LogP contribution in [-0.4, -0.2) is 96.7 Å². The zero-order valence-electron chi connectivity index (χ0n) is 28.8. The van der Waals surface area contributed by atoms with Crippen molar-refractivity contribution in [2.45, 2.75) is 149 Å². The lowest BCUT2D eigenvalue weighted by atomic mass is 9.33. The number of carboxylic acid groups (broad SMARTS) is 1. The molecule has 1 aliphatic heterocycles. The molecule has 266 valence electrons. The summed E-state index contributed by atoms with van der Waals surface area (Å²) in [7, 11) is 0. The second kappa shape index (κ2) is 10.9. The lowest BCUT2D eigenvalue weighted by molar-refractivity contribution is -0.292. The summed E-state index contributed by atoms with van der Waals surface area (Å²) in [5.41, 5.74) is -1.98. The zero-order chi connectivity index (χ0) is 34.9. The van der Waals surface area contributed by atoms with Gasteiger partial charge in [-0.25, -0.2) is 4.79 Å². The van der Waals surface area contributed by atoms with Crippen molar-refractivity contribution in [3.63, 3.8) is 0 Å². The molecule has 0 aromatic rings. The second-order valence-electron chi connectivity index (χ2n) is 18.0. The van der Waals surface area contributed by atoms with Crippen LogP contribution in [-0.2, 0) is 19.1 Å².